The Balaban J connectivity index is 2.58. The van der Waals surface area contributed by atoms with Crippen LogP contribution in [0.3, 0.4) is 0 Å². The Labute approximate surface area is 91.2 Å². The molecule has 0 amide bonds. The zero-order chi connectivity index (χ0) is 11.5. The fourth-order valence-electron chi connectivity index (χ4n) is 1.68. The molecule has 0 aromatic heterocycles. The number of carbonyl (C=O) groups excluding carboxylic acids is 1. The van der Waals surface area contributed by atoms with Crippen molar-refractivity contribution < 1.29 is 14.6 Å². The lowest BCUT2D eigenvalue weighted by molar-refractivity contribution is -0.127. The second-order valence-corrected chi connectivity index (χ2v) is 4.82. The van der Waals surface area contributed by atoms with Gasteiger partial charge in [0.05, 0.1) is 25.9 Å². The summed E-state index contributed by atoms with van der Waals surface area (Å²) >= 11 is 0. The molecule has 15 heavy (non-hydrogen) atoms. The van der Waals surface area contributed by atoms with Crippen molar-refractivity contribution in [3.05, 3.63) is 0 Å². The van der Waals surface area contributed by atoms with E-state index in [1.54, 1.807) is 6.92 Å². The lowest BCUT2D eigenvalue weighted by Crippen LogP contribution is -2.51. The average molecular weight is 215 g/mol. The van der Waals surface area contributed by atoms with E-state index in [-0.39, 0.29) is 23.8 Å². The van der Waals surface area contributed by atoms with Crippen LogP contribution in [0.2, 0.25) is 0 Å². The average Bonchev–Trinajstić information content (AvgIpc) is 2.18. The van der Waals surface area contributed by atoms with Gasteiger partial charge in [-0.3, -0.25) is 9.69 Å². The summed E-state index contributed by atoms with van der Waals surface area (Å²) < 4.78 is 5.29. The summed E-state index contributed by atoms with van der Waals surface area (Å²) in [5.41, 5.74) is -0.342. The van der Waals surface area contributed by atoms with Crippen LogP contribution in [-0.4, -0.2) is 54.7 Å². The van der Waals surface area contributed by atoms with Crippen LogP contribution < -0.4 is 0 Å². The van der Waals surface area contributed by atoms with E-state index in [0.717, 1.165) is 6.54 Å². The minimum Gasteiger partial charge on any atom is -0.395 e. The van der Waals surface area contributed by atoms with Gasteiger partial charge < -0.3 is 9.84 Å². The molecule has 1 fully saturated rings. The first-order valence-electron chi connectivity index (χ1n) is 5.41. The van der Waals surface area contributed by atoms with Crippen molar-refractivity contribution in [2.45, 2.75) is 26.8 Å². The van der Waals surface area contributed by atoms with Crippen LogP contribution >= 0.6 is 0 Å². The maximum absolute atomic E-state index is 11.4. The van der Waals surface area contributed by atoms with E-state index in [4.69, 9.17) is 4.74 Å². The Bertz CT molecular complexity index is 228. The standard InChI is InChI=1S/C11H21NO3/c1-9(14)11(2,3)8-12-4-5-15-7-10(12)6-13/h10,13H,4-8H2,1-3H3. The fraction of sp³-hybridized carbons (Fsp3) is 0.909. The minimum absolute atomic E-state index is 0.0392. The first-order valence-corrected chi connectivity index (χ1v) is 5.41. The van der Waals surface area contributed by atoms with Crippen LogP contribution in [-0.2, 0) is 9.53 Å². The SMILES string of the molecule is CC(=O)C(C)(C)CN1CCOCC1CO. The third-order valence-electron chi connectivity index (χ3n) is 3.11. The van der Waals surface area contributed by atoms with Crippen molar-refractivity contribution >= 4 is 5.78 Å². The highest BCUT2D eigenvalue weighted by atomic mass is 16.5. The lowest BCUT2D eigenvalue weighted by atomic mass is 9.88. The predicted octanol–water partition coefficient (Wildman–Crippen LogP) is 0.295. The zero-order valence-corrected chi connectivity index (χ0v) is 9.82. The van der Waals surface area contributed by atoms with Crippen molar-refractivity contribution in [1.82, 2.24) is 4.90 Å². The number of ketones is 1. The van der Waals surface area contributed by atoms with Gasteiger partial charge in [-0.25, -0.2) is 0 Å². The van der Waals surface area contributed by atoms with Crippen molar-refractivity contribution in [1.29, 1.82) is 0 Å². The molecule has 88 valence electrons. The molecule has 4 heteroatoms. The summed E-state index contributed by atoms with van der Waals surface area (Å²) in [5.74, 6) is 0.186. The van der Waals surface area contributed by atoms with Crippen LogP contribution in [0.1, 0.15) is 20.8 Å². The summed E-state index contributed by atoms with van der Waals surface area (Å²) in [5, 5.41) is 9.19. The van der Waals surface area contributed by atoms with E-state index < -0.39 is 0 Å². The molecule has 4 nitrogen and oxygen atoms in total. The molecule has 1 N–H and O–H groups in total. The number of carbonyl (C=O) groups is 1. The highest BCUT2D eigenvalue weighted by Crippen LogP contribution is 2.20. The molecule has 1 unspecified atom stereocenters. The number of morpholine rings is 1. The number of hydrogen-bond acceptors (Lipinski definition) is 4. The molecule has 0 aromatic rings. The largest absolute Gasteiger partial charge is 0.395 e. The Morgan fingerprint density at radius 2 is 2.27 bits per heavy atom. The van der Waals surface area contributed by atoms with Gasteiger partial charge in [0, 0.05) is 18.5 Å². The Morgan fingerprint density at radius 3 is 2.80 bits per heavy atom. The minimum atomic E-state index is -0.342. The van der Waals surface area contributed by atoms with Crippen LogP contribution in [0.5, 0.6) is 0 Å². The van der Waals surface area contributed by atoms with Gasteiger partial charge in [0.25, 0.3) is 0 Å². The number of aliphatic hydroxyl groups is 1. The molecule has 0 bridgehead atoms. The molecule has 0 aliphatic carbocycles. The molecule has 0 aromatic carbocycles. The Morgan fingerprint density at radius 1 is 1.60 bits per heavy atom. The monoisotopic (exact) mass is 215 g/mol. The summed E-state index contributed by atoms with van der Waals surface area (Å²) in [6.07, 6.45) is 0. The van der Waals surface area contributed by atoms with Gasteiger partial charge in [-0.2, -0.15) is 0 Å². The summed E-state index contributed by atoms with van der Waals surface area (Å²) in [7, 11) is 0. The van der Waals surface area contributed by atoms with Gasteiger partial charge in [0.1, 0.15) is 5.78 Å². The van der Waals surface area contributed by atoms with Crippen molar-refractivity contribution in [2.75, 3.05) is 32.9 Å². The number of Topliss-reactive ketones (excluding diaryl/α,β-unsaturated/α-hetero) is 1. The predicted molar refractivity (Wildman–Crippen MR) is 57.7 cm³/mol. The molecular formula is C11H21NO3. The number of hydrogen-bond donors (Lipinski definition) is 1. The fourth-order valence-corrected chi connectivity index (χ4v) is 1.68. The quantitative estimate of drug-likeness (QED) is 0.732. The number of aliphatic hydroxyl groups excluding tert-OH is 1. The van der Waals surface area contributed by atoms with Gasteiger partial charge in [0.2, 0.25) is 0 Å². The zero-order valence-electron chi connectivity index (χ0n) is 9.82. The molecule has 0 saturated carbocycles. The summed E-state index contributed by atoms with van der Waals surface area (Å²) in [4.78, 5) is 13.6. The molecule has 1 saturated heterocycles. The van der Waals surface area contributed by atoms with Crippen molar-refractivity contribution in [3.63, 3.8) is 0 Å². The second kappa shape index (κ2) is 5.05. The molecule has 0 spiro atoms. The van der Waals surface area contributed by atoms with Crippen molar-refractivity contribution in [3.8, 4) is 0 Å². The Kier molecular flexibility index (Phi) is 4.25. The summed E-state index contributed by atoms with van der Waals surface area (Å²) in [6, 6.07) is 0.0392. The first kappa shape index (κ1) is 12.6. The molecule has 1 aliphatic heterocycles. The van der Waals surface area contributed by atoms with E-state index in [9.17, 15) is 9.90 Å². The van der Waals surface area contributed by atoms with E-state index in [1.807, 2.05) is 13.8 Å². The second-order valence-electron chi connectivity index (χ2n) is 4.82. The third-order valence-corrected chi connectivity index (χ3v) is 3.11. The van der Waals surface area contributed by atoms with Crippen LogP contribution in [0, 0.1) is 5.41 Å². The molecule has 1 atom stereocenters. The third kappa shape index (κ3) is 3.26. The van der Waals surface area contributed by atoms with Crippen molar-refractivity contribution in [2.24, 2.45) is 5.41 Å². The van der Waals surface area contributed by atoms with Crippen LogP contribution in [0.15, 0.2) is 0 Å². The van der Waals surface area contributed by atoms with Gasteiger partial charge in [-0.15, -0.1) is 0 Å². The Hall–Kier alpha value is -0.450. The maximum atomic E-state index is 11.4. The lowest BCUT2D eigenvalue weighted by Gasteiger charge is -2.38. The maximum Gasteiger partial charge on any atom is 0.136 e. The van der Waals surface area contributed by atoms with Crippen LogP contribution in [0.25, 0.3) is 0 Å². The summed E-state index contributed by atoms with van der Waals surface area (Å²) in [6.45, 7) is 8.33. The van der Waals surface area contributed by atoms with E-state index in [0.29, 0.717) is 19.8 Å². The smallest absolute Gasteiger partial charge is 0.136 e. The van der Waals surface area contributed by atoms with Gasteiger partial charge in [0.15, 0.2) is 0 Å². The molecule has 0 radical (unpaired) electrons. The number of ether oxygens (including phenoxy) is 1. The molecular weight excluding hydrogens is 194 g/mol. The normalized spacial score (nSPS) is 24.1. The van der Waals surface area contributed by atoms with E-state index in [1.165, 1.54) is 0 Å². The number of rotatable bonds is 4. The van der Waals surface area contributed by atoms with Gasteiger partial charge in [-0.1, -0.05) is 13.8 Å². The van der Waals surface area contributed by atoms with E-state index >= 15 is 0 Å². The topological polar surface area (TPSA) is 49.8 Å². The first-order chi connectivity index (χ1) is 6.97. The highest BCUT2D eigenvalue weighted by Gasteiger charge is 2.31. The van der Waals surface area contributed by atoms with Gasteiger partial charge in [-0.05, 0) is 6.92 Å². The molecule has 1 rings (SSSR count). The van der Waals surface area contributed by atoms with Crippen LogP contribution in [0.4, 0.5) is 0 Å². The molecule has 1 heterocycles. The molecule has 1 aliphatic rings. The van der Waals surface area contributed by atoms with Gasteiger partial charge >= 0.3 is 0 Å². The van der Waals surface area contributed by atoms with E-state index in [2.05, 4.69) is 4.90 Å². The highest BCUT2D eigenvalue weighted by molar-refractivity contribution is 5.81. The number of nitrogens with zero attached hydrogens (tertiary/aromatic N) is 1.